The summed E-state index contributed by atoms with van der Waals surface area (Å²) in [5, 5.41) is 2.34. The molecule has 236 valence electrons. The predicted octanol–water partition coefficient (Wildman–Crippen LogP) is 12.0. The highest BCUT2D eigenvalue weighted by Gasteiger charge is 2.17. The van der Waals surface area contributed by atoms with Crippen LogP contribution >= 0.6 is 0 Å². The maximum atomic E-state index is 5.11. The van der Waals surface area contributed by atoms with Gasteiger partial charge in [0.25, 0.3) is 0 Å². The highest BCUT2D eigenvalue weighted by atomic mass is 14.9. The first-order valence-corrected chi connectivity index (χ1v) is 16.7. The Labute approximate surface area is 284 Å². The van der Waals surface area contributed by atoms with Gasteiger partial charge in [0, 0.05) is 33.8 Å². The normalized spacial score (nSPS) is 12.0. The molecule has 0 atom stereocenters. The Kier molecular flexibility index (Phi) is 8.01. The van der Waals surface area contributed by atoms with Crippen LogP contribution in [0.2, 0.25) is 0 Å². The van der Waals surface area contributed by atoms with E-state index in [9.17, 15) is 0 Å². The summed E-state index contributed by atoms with van der Waals surface area (Å²) in [7, 11) is 0. The standard InChI is InChI=1S/C45H41N3/c1-44(2,3)37-22-18-32(19-23-37)40-29-41(33-20-24-38(25-21-33)45(4,5)6)48-43(47-40)34-16-14-30(15-17-34)35-11-9-12-36(28-35)42-39-13-8-7-10-31(39)26-27-46-42/h7-29H,1-6H3. The van der Waals surface area contributed by atoms with Gasteiger partial charge in [0.05, 0.1) is 17.1 Å². The van der Waals surface area contributed by atoms with E-state index in [2.05, 4.69) is 175 Å². The minimum Gasteiger partial charge on any atom is -0.256 e. The van der Waals surface area contributed by atoms with Gasteiger partial charge >= 0.3 is 0 Å². The molecular weight excluding hydrogens is 583 g/mol. The lowest BCUT2D eigenvalue weighted by Gasteiger charge is -2.19. The van der Waals surface area contributed by atoms with Crippen LogP contribution in [0.25, 0.3) is 67.1 Å². The lowest BCUT2D eigenvalue weighted by atomic mass is 9.86. The van der Waals surface area contributed by atoms with E-state index in [-0.39, 0.29) is 10.8 Å². The summed E-state index contributed by atoms with van der Waals surface area (Å²) in [6.07, 6.45) is 1.89. The molecule has 0 fully saturated rings. The first kappa shape index (κ1) is 31.2. The smallest absolute Gasteiger partial charge is 0.160 e. The van der Waals surface area contributed by atoms with Gasteiger partial charge in [0.2, 0.25) is 0 Å². The number of benzene rings is 5. The van der Waals surface area contributed by atoms with E-state index in [1.165, 1.54) is 16.5 Å². The summed E-state index contributed by atoms with van der Waals surface area (Å²) in [6, 6.07) is 47.4. The molecule has 2 aromatic heterocycles. The fourth-order valence-electron chi connectivity index (χ4n) is 6.16. The van der Waals surface area contributed by atoms with Gasteiger partial charge in [-0.2, -0.15) is 0 Å². The fraction of sp³-hybridized carbons (Fsp3) is 0.178. The van der Waals surface area contributed by atoms with Gasteiger partial charge in [-0.1, -0.05) is 157 Å². The monoisotopic (exact) mass is 623 g/mol. The quantitative estimate of drug-likeness (QED) is 0.191. The molecule has 0 aliphatic heterocycles. The Morgan fingerprint density at radius 1 is 0.417 bits per heavy atom. The number of fused-ring (bicyclic) bond motifs is 1. The maximum absolute atomic E-state index is 5.11. The van der Waals surface area contributed by atoms with Gasteiger partial charge in [-0.3, -0.25) is 4.98 Å². The third-order valence-corrected chi connectivity index (χ3v) is 9.11. The Hall–Kier alpha value is -5.41. The highest BCUT2D eigenvalue weighted by molar-refractivity contribution is 5.95. The molecule has 0 radical (unpaired) electrons. The van der Waals surface area contributed by atoms with Gasteiger partial charge in [0.15, 0.2) is 5.82 Å². The Balaban J connectivity index is 1.26. The van der Waals surface area contributed by atoms with Crippen LogP contribution in [-0.4, -0.2) is 15.0 Å². The zero-order valence-corrected chi connectivity index (χ0v) is 28.6. The van der Waals surface area contributed by atoms with Crippen LogP contribution in [0, 0.1) is 0 Å². The molecule has 3 nitrogen and oxygen atoms in total. The van der Waals surface area contributed by atoms with Gasteiger partial charge in [-0.25, -0.2) is 9.97 Å². The molecule has 7 rings (SSSR count). The van der Waals surface area contributed by atoms with E-state index >= 15 is 0 Å². The van der Waals surface area contributed by atoms with Crippen molar-refractivity contribution in [3.05, 3.63) is 151 Å². The summed E-state index contributed by atoms with van der Waals surface area (Å²) in [6.45, 7) is 13.4. The molecule has 0 N–H and O–H groups in total. The van der Waals surface area contributed by atoms with E-state index in [0.29, 0.717) is 5.82 Å². The molecule has 0 saturated carbocycles. The van der Waals surface area contributed by atoms with Crippen LogP contribution in [0.15, 0.2) is 140 Å². The van der Waals surface area contributed by atoms with Gasteiger partial charge < -0.3 is 0 Å². The van der Waals surface area contributed by atoms with E-state index in [0.717, 1.165) is 55.8 Å². The summed E-state index contributed by atoms with van der Waals surface area (Å²) >= 11 is 0. The molecule has 0 unspecified atom stereocenters. The van der Waals surface area contributed by atoms with Crippen LogP contribution in [0.3, 0.4) is 0 Å². The van der Waals surface area contributed by atoms with Crippen LogP contribution in [-0.2, 0) is 10.8 Å². The largest absolute Gasteiger partial charge is 0.256 e. The van der Waals surface area contributed by atoms with Crippen molar-refractivity contribution < 1.29 is 0 Å². The van der Waals surface area contributed by atoms with Crippen LogP contribution in [0.5, 0.6) is 0 Å². The first-order chi connectivity index (χ1) is 23.0. The molecular formula is C45H41N3. The molecule has 3 heteroatoms. The molecule has 0 amide bonds. The number of hydrogen-bond donors (Lipinski definition) is 0. The molecule has 0 saturated heterocycles. The molecule has 7 aromatic rings. The molecule has 0 spiro atoms. The third kappa shape index (κ3) is 6.41. The summed E-state index contributed by atoms with van der Waals surface area (Å²) in [5.41, 5.74) is 12.1. The zero-order valence-electron chi connectivity index (χ0n) is 28.6. The number of nitrogens with zero attached hydrogens (tertiary/aromatic N) is 3. The second kappa shape index (κ2) is 12.3. The van der Waals surface area contributed by atoms with Crippen molar-refractivity contribution in [1.29, 1.82) is 0 Å². The van der Waals surface area contributed by atoms with Gasteiger partial charge in [0.1, 0.15) is 0 Å². The Morgan fingerprint density at radius 3 is 1.52 bits per heavy atom. The minimum absolute atomic E-state index is 0.0853. The average Bonchev–Trinajstić information content (AvgIpc) is 3.11. The van der Waals surface area contributed by atoms with Crippen molar-refractivity contribution >= 4 is 10.8 Å². The maximum Gasteiger partial charge on any atom is 0.160 e. The SMILES string of the molecule is CC(C)(C)c1ccc(-c2cc(-c3ccc(C(C)(C)C)cc3)nc(-c3ccc(-c4cccc(-c5nccc6ccccc56)c4)cc3)n2)cc1. The summed E-state index contributed by atoms with van der Waals surface area (Å²) in [4.78, 5) is 15.0. The second-order valence-corrected chi connectivity index (χ2v) is 14.7. The minimum atomic E-state index is 0.0853. The van der Waals surface area contributed by atoms with Crippen molar-refractivity contribution in [3.8, 4) is 56.3 Å². The van der Waals surface area contributed by atoms with Crippen LogP contribution < -0.4 is 0 Å². The Morgan fingerprint density at radius 2 is 0.938 bits per heavy atom. The summed E-state index contributed by atoms with van der Waals surface area (Å²) < 4.78 is 0. The molecule has 0 aliphatic rings. The van der Waals surface area contributed by atoms with Crippen LogP contribution in [0.4, 0.5) is 0 Å². The molecule has 0 aliphatic carbocycles. The predicted molar refractivity (Wildman–Crippen MR) is 202 cm³/mol. The number of pyridine rings is 1. The van der Waals surface area contributed by atoms with Crippen molar-refractivity contribution in [3.63, 3.8) is 0 Å². The highest BCUT2D eigenvalue weighted by Crippen LogP contribution is 2.33. The number of aromatic nitrogens is 3. The van der Waals surface area contributed by atoms with E-state index in [1.54, 1.807) is 0 Å². The summed E-state index contributed by atoms with van der Waals surface area (Å²) in [5.74, 6) is 0.711. The van der Waals surface area contributed by atoms with E-state index in [4.69, 9.17) is 15.0 Å². The van der Waals surface area contributed by atoms with Crippen molar-refractivity contribution in [2.45, 2.75) is 52.4 Å². The number of rotatable bonds is 5. The fourth-order valence-corrected chi connectivity index (χ4v) is 6.16. The van der Waals surface area contributed by atoms with Crippen LogP contribution in [0.1, 0.15) is 52.7 Å². The molecule has 5 aromatic carbocycles. The average molecular weight is 624 g/mol. The van der Waals surface area contributed by atoms with E-state index < -0.39 is 0 Å². The first-order valence-electron chi connectivity index (χ1n) is 16.7. The van der Waals surface area contributed by atoms with E-state index in [1.807, 2.05) is 6.20 Å². The lowest BCUT2D eigenvalue weighted by molar-refractivity contribution is 0.590. The third-order valence-electron chi connectivity index (χ3n) is 9.11. The molecule has 0 bridgehead atoms. The van der Waals surface area contributed by atoms with Gasteiger partial charge in [-0.15, -0.1) is 0 Å². The van der Waals surface area contributed by atoms with Crippen molar-refractivity contribution in [2.24, 2.45) is 0 Å². The molecule has 2 heterocycles. The molecule has 48 heavy (non-hydrogen) atoms. The van der Waals surface area contributed by atoms with Gasteiger partial charge in [-0.05, 0) is 56.7 Å². The number of hydrogen-bond acceptors (Lipinski definition) is 3. The Bertz CT molecular complexity index is 2130. The van der Waals surface area contributed by atoms with Crippen molar-refractivity contribution in [2.75, 3.05) is 0 Å². The zero-order chi connectivity index (χ0) is 33.5. The van der Waals surface area contributed by atoms with Crippen molar-refractivity contribution in [1.82, 2.24) is 15.0 Å². The lowest BCUT2D eigenvalue weighted by Crippen LogP contribution is -2.10. The second-order valence-electron chi connectivity index (χ2n) is 14.7. The topological polar surface area (TPSA) is 38.7 Å².